The summed E-state index contributed by atoms with van der Waals surface area (Å²) in [6.45, 7) is 4.47. The van der Waals surface area contributed by atoms with Crippen LogP contribution in [0.2, 0.25) is 0 Å². The molecule has 1 aromatic rings. The summed E-state index contributed by atoms with van der Waals surface area (Å²) in [6.07, 6.45) is 8.93. The predicted molar refractivity (Wildman–Crippen MR) is 72.3 cm³/mol. The molecule has 1 atom stereocenters. The van der Waals surface area contributed by atoms with Crippen molar-refractivity contribution < 1.29 is 0 Å². The zero-order chi connectivity index (χ0) is 11.8. The van der Waals surface area contributed by atoms with E-state index in [1.165, 1.54) is 35.6 Å². The van der Waals surface area contributed by atoms with Gasteiger partial charge in [-0.3, -0.25) is 0 Å². The molecule has 3 heteroatoms. The van der Waals surface area contributed by atoms with Crippen LogP contribution in [0.15, 0.2) is 6.20 Å². The second kappa shape index (κ2) is 4.69. The molecule has 2 aliphatic carbocycles. The molecule has 3 rings (SSSR count). The quantitative estimate of drug-likeness (QED) is 0.835. The first-order valence-corrected chi connectivity index (χ1v) is 7.80. The molecule has 0 aliphatic heterocycles. The van der Waals surface area contributed by atoms with Crippen molar-refractivity contribution in [3.63, 3.8) is 0 Å². The zero-order valence-electron chi connectivity index (χ0n) is 10.8. The molecule has 2 nitrogen and oxygen atoms in total. The number of rotatable bonds is 6. The molecular weight excluding hydrogens is 228 g/mol. The van der Waals surface area contributed by atoms with E-state index in [1.807, 2.05) is 17.5 Å². The van der Waals surface area contributed by atoms with Crippen LogP contribution >= 0.6 is 11.3 Å². The fourth-order valence-corrected chi connectivity index (χ4v) is 3.48. The van der Waals surface area contributed by atoms with Crippen molar-refractivity contribution in [1.29, 1.82) is 0 Å². The van der Waals surface area contributed by atoms with Crippen molar-refractivity contribution >= 4 is 11.3 Å². The Kier molecular flexibility index (Phi) is 3.22. The van der Waals surface area contributed by atoms with Crippen LogP contribution in [0, 0.1) is 11.8 Å². The van der Waals surface area contributed by atoms with Crippen molar-refractivity contribution in [1.82, 2.24) is 10.3 Å². The first-order valence-electron chi connectivity index (χ1n) is 6.98. The van der Waals surface area contributed by atoms with E-state index < -0.39 is 0 Å². The van der Waals surface area contributed by atoms with Crippen LogP contribution in [0.1, 0.15) is 55.5 Å². The molecule has 1 heterocycles. The van der Waals surface area contributed by atoms with Crippen molar-refractivity contribution in [2.24, 2.45) is 11.8 Å². The Balaban J connectivity index is 1.62. The third-order valence-electron chi connectivity index (χ3n) is 3.99. The maximum atomic E-state index is 4.56. The Morgan fingerprint density at radius 3 is 2.47 bits per heavy atom. The van der Waals surface area contributed by atoms with E-state index in [0.717, 1.165) is 24.3 Å². The minimum atomic E-state index is 0.437. The summed E-state index contributed by atoms with van der Waals surface area (Å²) >= 11 is 1.87. The maximum absolute atomic E-state index is 4.56. The summed E-state index contributed by atoms with van der Waals surface area (Å²) in [4.78, 5) is 5.96. The summed E-state index contributed by atoms with van der Waals surface area (Å²) in [6, 6.07) is 1.21. The van der Waals surface area contributed by atoms with E-state index in [0.29, 0.717) is 6.04 Å². The van der Waals surface area contributed by atoms with Gasteiger partial charge in [-0.15, -0.1) is 11.3 Å². The molecule has 2 fully saturated rings. The molecule has 2 aliphatic rings. The smallest absolute Gasteiger partial charge is 0.109 e. The van der Waals surface area contributed by atoms with Gasteiger partial charge in [0.2, 0.25) is 0 Å². The predicted octanol–water partition coefficient (Wildman–Crippen LogP) is 3.54. The van der Waals surface area contributed by atoms with Gasteiger partial charge in [0, 0.05) is 17.1 Å². The van der Waals surface area contributed by atoms with Gasteiger partial charge in [-0.25, -0.2) is 4.98 Å². The summed E-state index contributed by atoms with van der Waals surface area (Å²) in [5.41, 5.74) is 0. The van der Waals surface area contributed by atoms with Crippen molar-refractivity contribution in [2.45, 2.75) is 58.0 Å². The van der Waals surface area contributed by atoms with E-state index in [2.05, 4.69) is 24.1 Å². The Hall–Kier alpha value is -0.410. The summed E-state index contributed by atoms with van der Waals surface area (Å²) in [5, 5.41) is 5.11. The van der Waals surface area contributed by atoms with Crippen LogP contribution in [0.5, 0.6) is 0 Å². The SMILES string of the molecule is CCc1cnc(C(C)NC(C2CC2)C2CC2)s1. The van der Waals surface area contributed by atoms with E-state index in [-0.39, 0.29) is 0 Å². The second-order valence-electron chi connectivity index (χ2n) is 5.61. The average Bonchev–Trinajstić information content (AvgIpc) is 3.24. The number of aryl methyl sites for hydroxylation is 1. The van der Waals surface area contributed by atoms with E-state index in [1.54, 1.807) is 0 Å². The van der Waals surface area contributed by atoms with Gasteiger partial charge in [0.1, 0.15) is 5.01 Å². The number of hydrogen-bond acceptors (Lipinski definition) is 3. The highest BCUT2D eigenvalue weighted by Gasteiger charge is 2.41. The van der Waals surface area contributed by atoms with Gasteiger partial charge < -0.3 is 5.32 Å². The third-order valence-corrected chi connectivity index (χ3v) is 5.32. The summed E-state index contributed by atoms with van der Waals surface area (Å²) < 4.78 is 0. The summed E-state index contributed by atoms with van der Waals surface area (Å²) in [7, 11) is 0. The lowest BCUT2D eigenvalue weighted by Gasteiger charge is -2.21. The average molecular weight is 250 g/mol. The van der Waals surface area contributed by atoms with Crippen molar-refractivity contribution in [3.05, 3.63) is 16.1 Å². The number of aromatic nitrogens is 1. The van der Waals surface area contributed by atoms with Crippen LogP contribution in [-0.4, -0.2) is 11.0 Å². The Labute approximate surface area is 108 Å². The van der Waals surface area contributed by atoms with Crippen LogP contribution in [-0.2, 0) is 6.42 Å². The lowest BCUT2D eigenvalue weighted by molar-refractivity contribution is 0.377. The van der Waals surface area contributed by atoms with Gasteiger partial charge in [0.05, 0.1) is 6.04 Å². The Bertz CT molecular complexity index is 367. The van der Waals surface area contributed by atoms with Crippen molar-refractivity contribution in [2.75, 3.05) is 0 Å². The largest absolute Gasteiger partial charge is 0.305 e. The van der Waals surface area contributed by atoms with E-state index in [4.69, 9.17) is 0 Å². The number of hydrogen-bond donors (Lipinski definition) is 1. The molecule has 0 spiro atoms. The van der Waals surface area contributed by atoms with Crippen LogP contribution in [0.25, 0.3) is 0 Å². The molecule has 0 radical (unpaired) electrons. The molecule has 94 valence electrons. The lowest BCUT2D eigenvalue weighted by Crippen LogP contribution is -2.35. The molecule has 1 aromatic heterocycles. The van der Waals surface area contributed by atoms with Gasteiger partial charge in [-0.1, -0.05) is 6.92 Å². The second-order valence-corrected chi connectivity index (χ2v) is 6.75. The minimum absolute atomic E-state index is 0.437. The molecule has 1 unspecified atom stereocenters. The molecular formula is C14H22N2S. The van der Waals surface area contributed by atoms with Crippen LogP contribution < -0.4 is 5.32 Å². The third kappa shape index (κ3) is 2.71. The zero-order valence-corrected chi connectivity index (χ0v) is 11.6. The normalized spacial score (nSPS) is 22.1. The number of nitrogens with zero attached hydrogens (tertiary/aromatic N) is 1. The van der Waals surface area contributed by atoms with Crippen molar-refractivity contribution in [3.8, 4) is 0 Å². The number of thiazole rings is 1. The van der Waals surface area contributed by atoms with E-state index >= 15 is 0 Å². The highest BCUT2D eigenvalue weighted by Crippen LogP contribution is 2.45. The Morgan fingerprint density at radius 1 is 1.35 bits per heavy atom. The maximum Gasteiger partial charge on any atom is 0.109 e. The van der Waals surface area contributed by atoms with Gasteiger partial charge in [-0.2, -0.15) is 0 Å². The highest BCUT2D eigenvalue weighted by molar-refractivity contribution is 7.11. The van der Waals surface area contributed by atoms with E-state index in [9.17, 15) is 0 Å². The molecule has 17 heavy (non-hydrogen) atoms. The first-order chi connectivity index (χ1) is 8.28. The molecule has 0 amide bonds. The monoisotopic (exact) mass is 250 g/mol. The van der Waals surface area contributed by atoms with Gasteiger partial charge in [0.25, 0.3) is 0 Å². The Morgan fingerprint density at radius 2 is 2.00 bits per heavy atom. The van der Waals surface area contributed by atoms with Gasteiger partial charge >= 0.3 is 0 Å². The molecule has 0 aromatic carbocycles. The molecule has 0 bridgehead atoms. The fourth-order valence-electron chi connectivity index (χ4n) is 2.61. The summed E-state index contributed by atoms with van der Waals surface area (Å²) in [5.74, 6) is 1.94. The molecule has 2 saturated carbocycles. The van der Waals surface area contributed by atoms with Crippen LogP contribution in [0.4, 0.5) is 0 Å². The minimum Gasteiger partial charge on any atom is -0.305 e. The molecule has 0 saturated heterocycles. The lowest BCUT2D eigenvalue weighted by atomic mass is 10.1. The topological polar surface area (TPSA) is 24.9 Å². The molecule has 1 N–H and O–H groups in total. The van der Waals surface area contributed by atoms with Gasteiger partial charge in [-0.05, 0) is 50.9 Å². The number of nitrogens with one attached hydrogen (secondary N) is 1. The highest BCUT2D eigenvalue weighted by atomic mass is 32.1. The van der Waals surface area contributed by atoms with Gasteiger partial charge in [0.15, 0.2) is 0 Å². The van der Waals surface area contributed by atoms with Crippen LogP contribution in [0.3, 0.4) is 0 Å². The fraction of sp³-hybridized carbons (Fsp3) is 0.786. The first kappa shape index (κ1) is 11.7. The standard InChI is InChI=1S/C14H22N2S/c1-3-12-8-15-14(17-12)9(2)16-13(10-4-5-10)11-6-7-11/h8-11,13,16H,3-7H2,1-2H3.